The second-order valence-corrected chi connectivity index (χ2v) is 6.62. The molecule has 2 aromatic carbocycles. The first-order valence-electron chi connectivity index (χ1n) is 7.51. The summed E-state index contributed by atoms with van der Waals surface area (Å²) in [6, 6.07) is 12.6. The van der Waals surface area contributed by atoms with Gasteiger partial charge in [-0.1, -0.05) is 34.1 Å². The zero-order valence-electron chi connectivity index (χ0n) is 12.5. The van der Waals surface area contributed by atoms with E-state index in [0.29, 0.717) is 5.56 Å². The highest BCUT2D eigenvalue weighted by atomic mass is 79.9. The zero-order valence-corrected chi connectivity index (χ0v) is 14.1. The summed E-state index contributed by atoms with van der Waals surface area (Å²) in [4.78, 5) is 24.3. The predicted octanol–water partition coefficient (Wildman–Crippen LogP) is 3.54. The van der Waals surface area contributed by atoms with Crippen molar-refractivity contribution in [3.05, 3.63) is 63.6 Å². The molecule has 2 N–H and O–H groups in total. The number of nitrogens with zero attached hydrogens (tertiary/aromatic N) is 2. The van der Waals surface area contributed by atoms with Gasteiger partial charge in [-0.15, -0.1) is 0 Å². The summed E-state index contributed by atoms with van der Waals surface area (Å²) in [7, 11) is 0. The van der Waals surface area contributed by atoms with Gasteiger partial charge in [0.2, 0.25) is 5.91 Å². The van der Waals surface area contributed by atoms with E-state index in [2.05, 4.69) is 36.8 Å². The fourth-order valence-corrected chi connectivity index (χ4v) is 3.38. The van der Waals surface area contributed by atoms with Crippen LogP contribution in [0.15, 0.2) is 57.2 Å². The third-order valence-corrected chi connectivity index (χ3v) is 4.63. The van der Waals surface area contributed by atoms with Crippen LogP contribution in [0.3, 0.4) is 0 Å². The van der Waals surface area contributed by atoms with E-state index in [0.717, 1.165) is 21.3 Å². The molecule has 0 aliphatic carbocycles. The van der Waals surface area contributed by atoms with Crippen LogP contribution in [-0.2, 0) is 4.79 Å². The van der Waals surface area contributed by atoms with Crippen molar-refractivity contribution in [1.82, 2.24) is 10.6 Å². The van der Waals surface area contributed by atoms with Crippen molar-refractivity contribution in [1.29, 1.82) is 0 Å². The van der Waals surface area contributed by atoms with Crippen molar-refractivity contribution < 1.29 is 9.59 Å². The van der Waals surface area contributed by atoms with E-state index in [9.17, 15) is 9.59 Å². The van der Waals surface area contributed by atoms with Crippen molar-refractivity contribution in [2.75, 3.05) is 0 Å². The van der Waals surface area contributed by atoms with Crippen LogP contribution >= 0.6 is 15.9 Å². The molecule has 0 fully saturated rings. The van der Waals surface area contributed by atoms with Crippen LogP contribution in [0.1, 0.15) is 40.1 Å². The number of carbonyl (C=O) groups is 2. The molecule has 2 aromatic rings. The molecule has 2 heterocycles. The summed E-state index contributed by atoms with van der Waals surface area (Å²) in [6.07, 6.45) is -0.324. The van der Waals surface area contributed by atoms with E-state index >= 15 is 0 Å². The van der Waals surface area contributed by atoms with Gasteiger partial charge >= 0.3 is 0 Å². The quantitative estimate of drug-likeness (QED) is 0.847. The second kappa shape index (κ2) is 5.83. The number of benzene rings is 2. The number of hydrogen-bond donors (Lipinski definition) is 2. The van der Waals surface area contributed by atoms with E-state index < -0.39 is 6.17 Å². The molecule has 0 aromatic heterocycles. The first-order valence-corrected chi connectivity index (χ1v) is 8.30. The van der Waals surface area contributed by atoms with Crippen molar-refractivity contribution >= 4 is 33.4 Å². The summed E-state index contributed by atoms with van der Waals surface area (Å²) < 4.78 is 0.907. The average Bonchev–Trinajstić information content (AvgIpc) is 3.10. The molecule has 2 aliphatic heterocycles. The smallest absolute Gasteiger partial charge is 0.252 e. The molecule has 120 valence electrons. The molecule has 2 amide bonds. The molecule has 7 heteroatoms. The number of halogens is 1. The first-order chi connectivity index (χ1) is 11.6. The molecule has 2 atom stereocenters. The number of nitrogens with one attached hydrogen (secondary N) is 2. The zero-order chi connectivity index (χ0) is 16.7. The van der Waals surface area contributed by atoms with Crippen molar-refractivity contribution in [3.8, 4) is 0 Å². The van der Waals surface area contributed by atoms with Gasteiger partial charge in [0.1, 0.15) is 0 Å². The van der Waals surface area contributed by atoms with Gasteiger partial charge < -0.3 is 10.6 Å². The molecule has 2 unspecified atom stereocenters. The van der Waals surface area contributed by atoms with Crippen LogP contribution < -0.4 is 10.6 Å². The Hall–Kier alpha value is -2.54. The molecular formula is C17H13BrN4O2. The summed E-state index contributed by atoms with van der Waals surface area (Å²) in [5.41, 5.74) is 3.09. The first kappa shape index (κ1) is 15.0. The maximum Gasteiger partial charge on any atom is 0.252 e. The van der Waals surface area contributed by atoms with Gasteiger partial charge in [0.25, 0.3) is 5.91 Å². The van der Waals surface area contributed by atoms with E-state index in [1.54, 1.807) is 6.07 Å². The Morgan fingerprint density at radius 3 is 2.92 bits per heavy atom. The Kier molecular flexibility index (Phi) is 3.65. The number of rotatable bonds is 3. The van der Waals surface area contributed by atoms with Crippen molar-refractivity contribution in [2.24, 2.45) is 10.2 Å². The fourth-order valence-electron chi connectivity index (χ4n) is 3.00. The lowest BCUT2D eigenvalue weighted by atomic mass is 10.0. The Labute approximate surface area is 146 Å². The summed E-state index contributed by atoms with van der Waals surface area (Å²) >= 11 is 3.41. The lowest BCUT2D eigenvalue weighted by Crippen LogP contribution is -2.30. The third-order valence-electron chi connectivity index (χ3n) is 4.14. The lowest BCUT2D eigenvalue weighted by molar-refractivity contribution is -0.122. The lowest BCUT2D eigenvalue weighted by Gasteiger charge is -2.14. The van der Waals surface area contributed by atoms with Crippen LogP contribution in [0.5, 0.6) is 0 Å². The van der Waals surface area contributed by atoms with Crippen LogP contribution in [0, 0.1) is 0 Å². The third kappa shape index (κ3) is 2.60. The van der Waals surface area contributed by atoms with Gasteiger partial charge in [-0.3, -0.25) is 9.59 Å². The number of hydrogen-bond acceptors (Lipinski definition) is 4. The largest absolute Gasteiger partial charge is 0.345 e. The summed E-state index contributed by atoms with van der Waals surface area (Å²) in [5, 5.41) is 13.9. The van der Waals surface area contributed by atoms with Gasteiger partial charge in [0, 0.05) is 15.6 Å². The molecular weight excluding hydrogens is 372 g/mol. The minimum atomic E-state index is -0.489. The summed E-state index contributed by atoms with van der Waals surface area (Å²) in [6.45, 7) is 0. The predicted molar refractivity (Wildman–Crippen MR) is 90.8 cm³/mol. The van der Waals surface area contributed by atoms with Crippen LogP contribution in [-0.4, -0.2) is 11.8 Å². The second-order valence-electron chi connectivity index (χ2n) is 5.71. The SMILES string of the molecule is O=C(CC1NC(=O)c2ccccc21)NC1N=Nc2ccc(Br)cc21. The van der Waals surface area contributed by atoms with Gasteiger partial charge in [-0.05, 0) is 29.8 Å². The highest BCUT2D eigenvalue weighted by molar-refractivity contribution is 9.10. The topological polar surface area (TPSA) is 82.9 Å². The van der Waals surface area contributed by atoms with Crippen LogP contribution in [0.2, 0.25) is 0 Å². The van der Waals surface area contributed by atoms with Gasteiger partial charge in [0.05, 0.1) is 18.2 Å². The van der Waals surface area contributed by atoms with E-state index in [4.69, 9.17) is 0 Å². The maximum atomic E-state index is 12.4. The Morgan fingerprint density at radius 2 is 2.04 bits per heavy atom. The fraction of sp³-hybridized carbons (Fsp3) is 0.176. The Balaban J connectivity index is 1.47. The van der Waals surface area contributed by atoms with Crippen molar-refractivity contribution in [2.45, 2.75) is 18.6 Å². The molecule has 6 nitrogen and oxygen atoms in total. The van der Waals surface area contributed by atoms with E-state index in [1.807, 2.05) is 36.4 Å². The summed E-state index contributed by atoms with van der Waals surface area (Å²) in [5.74, 6) is -0.327. The van der Waals surface area contributed by atoms with E-state index in [1.165, 1.54) is 0 Å². The molecule has 2 aliphatic rings. The minimum Gasteiger partial charge on any atom is -0.345 e. The minimum absolute atomic E-state index is 0.141. The van der Waals surface area contributed by atoms with Gasteiger partial charge in [0.15, 0.2) is 6.17 Å². The van der Waals surface area contributed by atoms with Crippen LogP contribution in [0.25, 0.3) is 0 Å². The molecule has 24 heavy (non-hydrogen) atoms. The number of azo groups is 1. The number of fused-ring (bicyclic) bond motifs is 2. The Morgan fingerprint density at radius 1 is 1.21 bits per heavy atom. The Bertz CT molecular complexity index is 881. The number of carbonyl (C=O) groups excluding carboxylic acids is 2. The van der Waals surface area contributed by atoms with Crippen molar-refractivity contribution in [3.63, 3.8) is 0 Å². The van der Waals surface area contributed by atoms with Crippen LogP contribution in [0.4, 0.5) is 5.69 Å². The number of amides is 2. The molecule has 0 radical (unpaired) electrons. The molecule has 0 saturated heterocycles. The monoisotopic (exact) mass is 384 g/mol. The van der Waals surface area contributed by atoms with E-state index in [-0.39, 0.29) is 24.3 Å². The van der Waals surface area contributed by atoms with Gasteiger partial charge in [-0.25, -0.2) is 0 Å². The highest BCUT2D eigenvalue weighted by Crippen LogP contribution is 2.36. The van der Waals surface area contributed by atoms with Gasteiger partial charge in [-0.2, -0.15) is 10.2 Å². The normalized spacial score (nSPS) is 20.5. The maximum absolute atomic E-state index is 12.4. The average molecular weight is 385 g/mol. The molecule has 0 saturated carbocycles. The molecule has 4 rings (SSSR count). The molecule has 0 bridgehead atoms. The standard InChI is InChI=1S/C17H13BrN4O2/c18-9-5-6-13-12(7-9)16(22-21-13)20-15(23)8-14-10-3-1-2-4-11(10)17(24)19-14/h1-7,14,16H,8H2,(H,19,24)(H,20,23). The highest BCUT2D eigenvalue weighted by Gasteiger charge is 2.31. The molecule has 0 spiro atoms.